The van der Waals surface area contributed by atoms with E-state index in [2.05, 4.69) is 25.9 Å². The fourth-order valence-electron chi connectivity index (χ4n) is 4.52. The summed E-state index contributed by atoms with van der Waals surface area (Å²) in [6, 6.07) is 8.18. The number of piperidine rings is 1. The third-order valence-electron chi connectivity index (χ3n) is 6.73. The van der Waals surface area contributed by atoms with Gasteiger partial charge in [-0.25, -0.2) is 19.3 Å². The normalized spacial score (nSPS) is 22.2. The van der Waals surface area contributed by atoms with Gasteiger partial charge in [-0.2, -0.15) is 0 Å². The number of H-pyrrole nitrogens is 1. The number of halogens is 1. The van der Waals surface area contributed by atoms with Crippen molar-refractivity contribution >= 4 is 11.9 Å². The van der Waals surface area contributed by atoms with Crippen LogP contribution in [0.4, 0.5) is 10.3 Å². The van der Waals surface area contributed by atoms with Gasteiger partial charge in [0.15, 0.2) is 5.82 Å². The number of amides is 1. The van der Waals surface area contributed by atoms with Crippen LogP contribution >= 0.6 is 0 Å². The highest BCUT2D eigenvalue weighted by molar-refractivity contribution is 5.82. The molecule has 0 atom stereocenters. The Balaban J connectivity index is 1.41. The van der Waals surface area contributed by atoms with Crippen molar-refractivity contribution in [2.24, 2.45) is 11.1 Å². The van der Waals surface area contributed by atoms with Crippen LogP contribution in [-0.2, 0) is 14.3 Å². The topological polar surface area (TPSA) is 152 Å². The van der Waals surface area contributed by atoms with Gasteiger partial charge in [0, 0.05) is 30.9 Å². The molecule has 5 rings (SSSR count). The van der Waals surface area contributed by atoms with Crippen LogP contribution in [0, 0.1) is 11.2 Å². The first kappa shape index (κ1) is 26.2. The zero-order valence-corrected chi connectivity index (χ0v) is 21.3. The summed E-state index contributed by atoms with van der Waals surface area (Å²) in [5.41, 5.74) is 7.19. The molecule has 0 aliphatic carbocycles. The van der Waals surface area contributed by atoms with Gasteiger partial charge in [-0.15, -0.1) is 0 Å². The number of nitrogens with one attached hydrogen (secondary N) is 4. The van der Waals surface area contributed by atoms with E-state index >= 15 is 0 Å². The number of aromatic nitrogens is 4. The summed E-state index contributed by atoms with van der Waals surface area (Å²) in [6.07, 6.45) is 2.86. The van der Waals surface area contributed by atoms with Gasteiger partial charge in [-0.3, -0.25) is 4.79 Å². The van der Waals surface area contributed by atoms with Crippen molar-refractivity contribution in [2.45, 2.75) is 32.1 Å². The molecule has 6 N–H and O–H groups in total. The van der Waals surface area contributed by atoms with Crippen LogP contribution in [0.5, 0.6) is 0 Å². The minimum Gasteiger partial charge on any atom is -0.354 e. The second-order valence-corrected chi connectivity index (χ2v) is 9.85. The number of anilines is 1. The van der Waals surface area contributed by atoms with Gasteiger partial charge in [0.25, 0.3) is 0 Å². The number of carbonyl (C=O) groups excluding carboxylic acids is 1. The van der Waals surface area contributed by atoms with Gasteiger partial charge >= 0.3 is 0 Å². The van der Waals surface area contributed by atoms with Crippen molar-refractivity contribution in [3.8, 4) is 22.6 Å². The van der Waals surface area contributed by atoms with E-state index in [4.69, 9.17) is 25.2 Å². The summed E-state index contributed by atoms with van der Waals surface area (Å²) in [4.78, 5) is 29.8. The Morgan fingerprint density at radius 1 is 1.16 bits per heavy atom. The average Bonchev–Trinajstić information content (AvgIpc) is 3.39. The maximum absolute atomic E-state index is 13.7. The Morgan fingerprint density at radius 3 is 2.61 bits per heavy atom. The van der Waals surface area contributed by atoms with E-state index in [1.54, 1.807) is 31.3 Å². The van der Waals surface area contributed by atoms with E-state index in [0.29, 0.717) is 53.5 Å². The monoisotopic (exact) mass is 524 g/mol. The molecule has 3 aromatic rings. The first-order chi connectivity index (χ1) is 18.4. The molecule has 0 spiro atoms. The Labute approximate surface area is 220 Å². The van der Waals surface area contributed by atoms with Crippen molar-refractivity contribution in [3.05, 3.63) is 48.2 Å². The first-order valence-corrected chi connectivity index (χ1v) is 12.8. The number of aromatic amines is 1. The molecule has 2 aromatic heterocycles. The second-order valence-electron chi connectivity index (χ2n) is 9.85. The van der Waals surface area contributed by atoms with Crippen LogP contribution in [0.15, 0.2) is 36.5 Å². The molecule has 2 saturated heterocycles. The fourth-order valence-corrected chi connectivity index (χ4v) is 4.52. The fraction of sp³-hybridized carbons (Fsp3) is 0.462. The first-order valence-electron chi connectivity index (χ1n) is 12.8. The van der Waals surface area contributed by atoms with Crippen molar-refractivity contribution in [1.29, 1.82) is 0 Å². The quantitative estimate of drug-likeness (QED) is 0.298. The lowest BCUT2D eigenvalue weighted by atomic mass is 9.91. The van der Waals surface area contributed by atoms with Crippen molar-refractivity contribution in [2.75, 3.05) is 44.7 Å². The van der Waals surface area contributed by atoms with Gasteiger partial charge in [0.1, 0.15) is 5.82 Å². The highest BCUT2D eigenvalue weighted by Crippen LogP contribution is 2.35. The summed E-state index contributed by atoms with van der Waals surface area (Å²) in [7, 11) is 0. The maximum Gasteiger partial charge on any atom is 0.230 e. The number of imidazole rings is 1. The summed E-state index contributed by atoms with van der Waals surface area (Å²) >= 11 is 0. The number of hydrogen-bond donors (Lipinski definition) is 5. The molecule has 0 unspecified atom stereocenters. The van der Waals surface area contributed by atoms with Gasteiger partial charge in [-0.05, 0) is 63.2 Å². The van der Waals surface area contributed by atoms with Crippen LogP contribution in [0.2, 0.25) is 0 Å². The Bertz CT molecular complexity index is 1240. The number of ether oxygens (including phenoxy) is 2. The standard InChI is InChI=1S/C26H33FN8O3/c1-26(24(36)30-13-9-28)14-37-23(38-15-26)22-34-20(16-2-4-17(27)5-3-16)21(35-22)19-8-12-31-25(33-19)32-18-6-10-29-11-7-18/h2-5,8,12,18,23,29H,6-7,9-11,13-15,28H2,1H3,(H,30,36)(H,34,35)(H,31,32,33). The Hall–Kier alpha value is -3.45. The molecule has 0 radical (unpaired) electrons. The molecule has 2 aliphatic heterocycles. The molecule has 2 fully saturated rings. The number of benzene rings is 1. The lowest BCUT2D eigenvalue weighted by molar-refractivity contribution is -0.231. The maximum atomic E-state index is 13.7. The molecule has 1 aromatic carbocycles. The molecule has 11 nitrogen and oxygen atoms in total. The summed E-state index contributed by atoms with van der Waals surface area (Å²) in [6.45, 7) is 4.71. The van der Waals surface area contributed by atoms with Crippen molar-refractivity contribution in [1.82, 2.24) is 30.6 Å². The SMILES string of the molecule is CC1(C(=O)NCCN)COC(c2nc(-c3ccc(F)cc3)c(-c3ccnc(NC4CCNCC4)n3)[nH]2)OC1. The molecule has 1 amide bonds. The zero-order chi connectivity index (χ0) is 26.5. The Morgan fingerprint density at radius 2 is 1.89 bits per heavy atom. The van der Waals surface area contributed by atoms with Gasteiger partial charge in [0.05, 0.1) is 35.7 Å². The number of rotatable bonds is 8. The van der Waals surface area contributed by atoms with Crippen LogP contribution in [0.25, 0.3) is 22.6 Å². The third kappa shape index (κ3) is 5.83. The van der Waals surface area contributed by atoms with Crippen LogP contribution in [0.3, 0.4) is 0 Å². The van der Waals surface area contributed by atoms with Crippen LogP contribution in [-0.4, -0.2) is 71.3 Å². The van der Waals surface area contributed by atoms with Crippen LogP contribution in [0.1, 0.15) is 31.9 Å². The summed E-state index contributed by atoms with van der Waals surface area (Å²) in [5, 5.41) is 9.56. The number of nitrogens with two attached hydrogens (primary N) is 1. The Kier molecular flexibility index (Phi) is 7.93. The zero-order valence-electron chi connectivity index (χ0n) is 21.3. The highest BCUT2D eigenvalue weighted by Gasteiger charge is 2.40. The molecule has 38 heavy (non-hydrogen) atoms. The minimum atomic E-state index is -0.844. The number of carbonyl (C=O) groups is 1. The smallest absolute Gasteiger partial charge is 0.230 e. The van der Waals surface area contributed by atoms with Gasteiger partial charge in [-0.1, -0.05) is 0 Å². The molecule has 12 heteroatoms. The van der Waals surface area contributed by atoms with E-state index in [1.807, 2.05) is 0 Å². The molecule has 202 valence electrons. The molecule has 0 saturated carbocycles. The van der Waals surface area contributed by atoms with Gasteiger partial charge in [0.2, 0.25) is 18.1 Å². The van der Waals surface area contributed by atoms with E-state index in [9.17, 15) is 9.18 Å². The molecular formula is C26H33FN8O3. The number of nitrogens with zero attached hydrogens (tertiary/aromatic N) is 3. The predicted octanol–water partition coefficient (Wildman–Crippen LogP) is 1.96. The van der Waals surface area contributed by atoms with Crippen molar-refractivity contribution < 1.29 is 18.7 Å². The third-order valence-corrected chi connectivity index (χ3v) is 6.73. The highest BCUT2D eigenvalue weighted by atomic mass is 19.1. The van der Waals surface area contributed by atoms with E-state index in [1.165, 1.54) is 12.1 Å². The predicted molar refractivity (Wildman–Crippen MR) is 139 cm³/mol. The molecule has 4 heterocycles. The lowest BCUT2D eigenvalue weighted by Gasteiger charge is -2.35. The largest absolute Gasteiger partial charge is 0.354 e. The van der Waals surface area contributed by atoms with Crippen molar-refractivity contribution in [3.63, 3.8) is 0 Å². The molecular weight excluding hydrogens is 491 g/mol. The molecule has 2 aliphatic rings. The average molecular weight is 525 g/mol. The summed E-state index contributed by atoms with van der Waals surface area (Å²) in [5.74, 6) is 0.436. The van der Waals surface area contributed by atoms with E-state index < -0.39 is 11.7 Å². The lowest BCUT2D eigenvalue weighted by Crippen LogP contribution is -2.49. The molecule has 0 bridgehead atoms. The van der Waals surface area contributed by atoms with E-state index in [0.717, 1.165) is 25.9 Å². The number of hydrogen-bond acceptors (Lipinski definition) is 9. The minimum absolute atomic E-state index is 0.147. The van der Waals surface area contributed by atoms with Gasteiger partial charge < -0.3 is 36.1 Å². The van der Waals surface area contributed by atoms with Crippen LogP contribution < -0.4 is 21.7 Å². The summed E-state index contributed by atoms with van der Waals surface area (Å²) < 4.78 is 25.6. The van der Waals surface area contributed by atoms with E-state index in [-0.39, 0.29) is 24.9 Å². The second kappa shape index (κ2) is 11.5.